The number of carbonyl (C=O) groups excluding carboxylic acids is 1. The fourth-order valence-electron chi connectivity index (χ4n) is 4.02. The molecular weight excluding hydrogens is 556 g/mol. The number of hydrogen-bond donors (Lipinski definition) is 0. The zero-order valence-electron chi connectivity index (χ0n) is 18.0. The van der Waals surface area contributed by atoms with Gasteiger partial charge in [-0.15, -0.1) is 11.3 Å². The van der Waals surface area contributed by atoms with Gasteiger partial charge in [0.05, 0.1) is 28.4 Å². The van der Waals surface area contributed by atoms with Crippen LogP contribution in [-0.4, -0.2) is 41.7 Å². The second-order valence-corrected chi connectivity index (χ2v) is 13.0. The lowest BCUT2D eigenvalue weighted by Gasteiger charge is -2.33. The molecule has 4 aromatic rings. The molecule has 0 bridgehead atoms. The minimum Gasteiger partial charge on any atom is -0.282 e. The Morgan fingerprint density at radius 3 is 2.85 bits per heavy atom. The third-order valence-electron chi connectivity index (χ3n) is 5.70. The highest BCUT2D eigenvalue weighted by molar-refractivity contribution is 9.10. The monoisotopic (exact) mass is 576 g/mol. The van der Waals surface area contributed by atoms with Crippen LogP contribution < -0.4 is 4.90 Å². The van der Waals surface area contributed by atoms with E-state index >= 15 is 0 Å². The average molecular weight is 578 g/mol. The molecule has 1 fully saturated rings. The van der Waals surface area contributed by atoms with Crippen LogP contribution in [0.5, 0.6) is 0 Å². The maximum absolute atomic E-state index is 13.8. The largest absolute Gasteiger partial charge is 0.282 e. The first-order chi connectivity index (χ1) is 16.4. The normalized spacial score (nSPS) is 17.1. The molecule has 7 nitrogen and oxygen atoms in total. The van der Waals surface area contributed by atoms with Crippen molar-refractivity contribution in [1.82, 2.24) is 14.3 Å². The minimum atomic E-state index is -3.61. The number of nitrogens with zero attached hydrogens (tertiary/aromatic N) is 4. The first kappa shape index (κ1) is 23.6. The molecule has 0 radical (unpaired) electrons. The molecule has 0 N–H and O–H groups in total. The van der Waals surface area contributed by atoms with Crippen molar-refractivity contribution in [3.05, 3.63) is 70.3 Å². The van der Waals surface area contributed by atoms with E-state index in [9.17, 15) is 13.2 Å². The van der Waals surface area contributed by atoms with Gasteiger partial charge < -0.3 is 0 Å². The molecule has 4 heterocycles. The minimum absolute atomic E-state index is 0.130. The number of amides is 1. The van der Waals surface area contributed by atoms with E-state index in [0.29, 0.717) is 28.7 Å². The van der Waals surface area contributed by atoms with E-state index in [-0.39, 0.29) is 19.0 Å². The lowest BCUT2D eigenvalue weighted by molar-refractivity contribution is -0.123. The van der Waals surface area contributed by atoms with Gasteiger partial charge in [0.25, 0.3) is 10.0 Å². The van der Waals surface area contributed by atoms with E-state index in [1.807, 2.05) is 36.4 Å². The van der Waals surface area contributed by atoms with Gasteiger partial charge in [0.1, 0.15) is 4.21 Å². The quantitative estimate of drug-likeness (QED) is 0.317. The molecule has 3 aromatic heterocycles. The number of pyridine rings is 1. The Bertz CT molecular complexity index is 1410. The highest BCUT2D eigenvalue weighted by Crippen LogP contribution is 2.34. The fourth-order valence-corrected chi connectivity index (χ4v) is 8.21. The van der Waals surface area contributed by atoms with E-state index in [1.165, 1.54) is 27.0 Å². The first-order valence-corrected chi connectivity index (χ1v) is 14.7. The Morgan fingerprint density at radius 2 is 2.09 bits per heavy atom. The Morgan fingerprint density at radius 1 is 1.21 bits per heavy atom. The second-order valence-electron chi connectivity index (χ2n) is 7.99. The molecule has 1 aliphatic rings. The van der Waals surface area contributed by atoms with Crippen LogP contribution in [0.25, 0.3) is 10.2 Å². The average Bonchev–Trinajstić information content (AvgIpc) is 3.53. The molecule has 11 heteroatoms. The number of thiazole rings is 1. The third kappa shape index (κ3) is 4.80. The molecule has 1 amide bonds. The standard InChI is InChI=1S/C23H21BrN4O3S3/c24-17-8-9-19-20(13-17)33-23(26-19)28(15-18-6-1-2-10-25-18)22(29)16-5-3-11-27(14-16)34(30,31)21-7-4-12-32-21/h1-2,4,6-10,12-13,16H,3,5,11,14-15H2. The summed E-state index contributed by atoms with van der Waals surface area (Å²) in [5.41, 5.74) is 1.56. The summed E-state index contributed by atoms with van der Waals surface area (Å²) < 4.78 is 29.8. The van der Waals surface area contributed by atoms with Gasteiger partial charge >= 0.3 is 0 Å². The molecule has 1 unspecified atom stereocenters. The van der Waals surface area contributed by atoms with Crippen molar-refractivity contribution >= 4 is 69.9 Å². The highest BCUT2D eigenvalue weighted by Gasteiger charge is 2.36. The Kier molecular flexibility index (Phi) is 6.81. The summed E-state index contributed by atoms with van der Waals surface area (Å²) in [5, 5.41) is 2.33. The molecule has 0 saturated carbocycles. The number of sulfonamides is 1. The Labute approximate surface area is 214 Å². The topological polar surface area (TPSA) is 83.5 Å². The van der Waals surface area contributed by atoms with Crippen molar-refractivity contribution in [2.45, 2.75) is 23.6 Å². The predicted molar refractivity (Wildman–Crippen MR) is 139 cm³/mol. The Hall–Kier alpha value is -2.18. The number of hydrogen-bond acceptors (Lipinski definition) is 7. The van der Waals surface area contributed by atoms with Gasteiger partial charge in [0.15, 0.2) is 5.13 Å². The van der Waals surface area contributed by atoms with E-state index < -0.39 is 15.9 Å². The smallest absolute Gasteiger partial charge is 0.252 e. The van der Waals surface area contributed by atoms with Gasteiger partial charge in [-0.3, -0.25) is 14.7 Å². The zero-order valence-corrected chi connectivity index (χ0v) is 22.0. The van der Waals surface area contributed by atoms with Gasteiger partial charge in [-0.1, -0.05) is 39.4 Å². The summed E-state index contributed by atoms with van der Waals surface area (Å²) >= 11 is 6.13. The van der Waals surface area contributed by atoms with E-state index in [2.05, 4.69) is 20.9 Å². The summed E-state index contributed by atoms with van der Waals surface area (Å²) in [6.45, 7) is 0.850. The Balaban J connectivity index is 1.46. The van der Waals surface area contributed by atoms with E-state index in [1.54, 1.807) is 28.6 Å². The third-order valence-corrected chi connectivity index (χ3v) is 10.5. The molecule has 0 aliphatic carbocycles. The number of halogens is 1. The zero-order chi connectivity index (χ0) is 23.7. The van der Waals surface area contributed by atoms with Gasteiger partial charge in [0, 0.05) is 23.8 Å². The van der Waals surface area contributed by atoms with E-state index in [0.717, 1.165) is 20.4 Å². The van der Waals surface area contributed by atoms with Crippen LogP contribution in [0.1, 0.15) is 18.5 Å². The van der Waals surface area contributed by atoms with Crippen molar-refractivity contribution in [2.24, 2.45) is 5.92 Å². The van der Waals surface area contributed by atoms with Gasteiger partial charge in [-0.05, 0) is 54.6 Å². The summed E-state index contributed by atoms with van der Waals surface area (Å²) in [7, 11) is -3.61. The lowest BCUT2D eigenvalue weighted by atomic mass is 9.98. The number of aromatic nitrogens is 2. The number of benzene rings is 1. The summed E-state index contributed by atoms with van der Waals surface area (Å²) in [6.07, 6.45) is 2.96. The number of carbonyl (C=O) groups is 1. The number of thiophene rings is 1. The van der Waals surface area contributed by atoms with Crippen LogP contribution in [0, 0.1) is 5.92 Å². The van der Waals surface area contributed by atoms with Crippen molar-refractivity contribution in [3.8, 4) is 0 Å². The van der Waals surface area contributed by atoms with Crippen molar-refractivity contribution in [1.29, 1.82) is 0 Å². The number of piperidine rings is 1. The number of fused-ring (bicyclic) bond motifs is 1. The molecule has 1 saturated heterocycles. The predicted octanol–water partition coefficient (Wildman–Crippen LogP) is 5.15. The lowest BCUT2D eigenvalue weighted by Crippen LogP contribution is -2.46. The maximum Gasteiger partial charge on any atom is 0.252 e. The molecule has 5 rings (SSSR count). The molecule has 1 aromatic carbocycles. The van der Waals surface area contributed by atoms with Gasteiger partial charge in [-0.2, -0.15) is 4.31 Å². The van der Waals surface area contributed by atoms with Crippen molar-refractivity contribution < 1.29 is 13.2 Å². The van der Waals surface area contributed by atoms with Gasteiger partial charge in [0.2, 0.25) is 5.91 Å². The SMILES string of the molecule is O=C(C1CCCN(S(=O)(=O)c2cccs2)C1)N(Cc1ccccn1)c1nc2ccc(Br)cc2s1. The van der Waals surface area contributed by atoms with Crippen LogP contribution in [0.2, 0.25) is 0 Å². The molecular formula is C23H21BrN4O3S3. The van der Waals surface area contributed by atoms with Crippen LogP contribution in [0.4, 0.5) is 5.13 Å². The summed E-state index contributed by atoms with van der Waals surface area (Å²) in [6, 6.07) is 14.7. The van der Waals surface area contributed by atoms with Crippen LogP contribution in [0.15, 0.2) is 68.8 Å². The molecule has 0 spiro atoms. The molecule has 1 atom stereocenters. The highest BCUT2D eigenvalue weighted by atomic mass is 79.9. The molecule has 176 valence electrons. The number of rotatable bonds is 6. The summed E-state index contributed by atoms with van der Waals surface area (Å²) in [5.74, 6) is -0.583. The molecule has 34 heavy (non-hydrogen) atoms. The van der Waals surface area contributed by atoms with Crippen molar-refractivity contribution in [2.75, 3.05) is 18.0 Å². The van der Waals surface area contributed by atoms with Crippen molar-refractivity contribution in [3.63, 3.8) is 0 Å². The fraction of sp³-hybridized carbons (Fsp3) is 0.261. The maximum atomic E-state index is 13.8. The van der Waals surface area contributed by atoms with Crippen LogP contribution in [-0.2, 0) is 21.4 Å². The summed E-state index contributed by atoms with van der Waals surface area (Å²) in [4.78, 5) is 24.6. The van der Waals surface area contributed by atoms with Gasteiger partial charge in [-0.25, -0.2) is 13.4 Å². The second kappa shape index (κ2) is 9.82. The van der Waals surface area contributed by atoms with E-state index in [4.69, 9.17) is 4.98 Å². The number of anilines is 1. The molecule has 1 aliphatic heterocycles. The van der Waals surface area contributed by atoms with Crippen LogP contribution >= 0.6 is 38.6 Å². The van der Waals surface area contributed by atoms with Crippen LogP contribution in [0.3, 0.4) is 0 Å². The first-order valence-electron chi connectivity index (χ1n) is 10.7.